The van der Waals surface area contributed by atoms with Crippen LogP contribution in [-0.4, -0.2) is 36.9 Å². The Balaban J connectivity index is 1.57. The quantitative estimate of drug-likeness (QED) is 0.895. The van der Waals surface area contributed by atoms with E-state index in [0.29, 0.717) is 37.2 Å². The van der Waals surface area contributed by atoms with Crippen molar-refractivity contribution in [2.75, 3.05) is 25.5 Å². The minimum Gasteiger partial charge on any atom is -0.497 e. The van der Waals surface area contributed by atoms with E-state index in [4.69, 9.17) is 4.74 Å². The zero-order valence-corrected chi connectivity index (χ0v) is 16.1. The van der Waals surface area contributed by atoms with Gasteiger partial charge in [-0.25, -0.2) is 0 Å². The topological polar surface area (TPSA) is 58.6 Å². The molecule has 1 aliphatic rings. The standard InChI is InChI=1S/C22H26N2O3/c1-15-7-8-20(16(2)13-15)23-21(25)17-9-11-24(12-10-17)22(26)18-5-4-6-19(14-18)27-3/h4-8,13-14,17H,9-12H2,1-3H3,(H,23,25). The van der Waals surface area contributed by atoms with E-state index in [1.165, 1.54) is 5.56 Å². The van der Waals surface area contributed by atoms with Gasteiger partial charge >= 0.3 is 0 Å². The molecule has 0 saturated carbocycles. The lowest BCUT2D eigenvalue weighted by Crippen LogP contribution is -2.41. The Morgan fingerprint density at radius 2 is 1.81 bits per heavy atom. The summed E-state index contributed by atoms with van der Waals surface area (Å²) in [6, 6.07) is 13.2. The molecule has 142 valence electrons. The Hall–Kier alpha value is -2.82. The van der Waals surface area contributed by atoms with Gasteiger partial charge in [0, 0.05) is 30.3 Å². The van der Waals surface area contributed by atoms with E-state index < -0.39 is 0 Å². The molecule has 5 nitrogen and oxygen atoms in total. The lowest BCUT2D eigenvalue weighted by Gasteiger charge is -2.31. The number of rotatable bonds is 4. The zero-order chi connectivity index (χ0) is 19.4. The summed E-state index contributed by atoms with van der Waals surface area (Å²) in [7, 11) is 1.59. The van der Waals surface area contributed by atoms with Gasteiger partial charge in [0.15, 0.2) is 0 Å². The maximum Gasteiger partial charge on any atom is 0.253 e. The molecule has 1 saturated heterocycles. The van der Waals surface area contributed by atoms with Crippen LogP contribution in [0.5, 0.6) is 5.75 Å². The van der Waals surface area contributed by atoms with Gasteiger partial charge < -0.3 is 15.0 Å². The predicted molar refractivity (Wildman–Crippen MR) is 106 cm³/mol. The van der Waals surface area contributed by atoms with Gasteiger partial charge in [-0.3, -0.25) is 9.59 Å². The number of piperidine rings is 1. The predicted octanol–water partition coefficient (Wildman–Crippen LogP) is 3.80. The second-order valence-corrected chi connectivity index (χ2v) is 7.11. The van der Waals surface area contributed by atoms with Crippen LogP contribution in [0.15, 0.2) is 42.5 Å². The third-order valence-corrected chi connectivity index (χ3v) is 5.11. The first-order valence-electron chi connectivity index (χ1n) is 9.29. The van der Waals surface area contributed by atoms with Crippen LogP contribution in [0.1, 0.15) is 34.3 Å². The van der Waals surface area contributed by atoms with Gasteiger partial charge in [0.2, 0.25) is 5.91 Å². The molecule has 1 N–H and O–H groups in total. The third kappa shape index (κ3) is 4.48. The lowest BCUT2D eigenvalue weighted by atomic mass is 9.95. The highest BCUT2D eigenvalue weighted by Gasteiger charge is 2.28. The molecule has 1 aliphatic heterocycles. The lowest BCUT2D eigenvalue weighted by molar-refractivity contribution is -0.121. The molecule has 27 heavy (non-hydrogen) atoms. The van der Waals surface area contributed by atoms with Crippen LogP contribution in [0.25, 0.3) is 0 Å². The SMILES string of the molecule is COc1cccc(C(=O)N2CCC(C(=O)Nc3ccc(C)cc3C)CC2)c1. The summed E-state index contributed by atoms with van der Waals surface area (Å²) in [6.07, 6.45) is 1.35. The summed E-state index contributed by atoms with van der Waals surface area (Å²) >= 11 is 0. The number of carbonyl (C=O) groups excluding carboxylic acids is 2. The van der Waals surface area contributed by atoms with Crippen molar-refractivity contribution >= 4 is 17.5 Å². The average molecular weight is 366 g/mol. The first-order chi connectivity index (χ1) is 13.0. The molecule has 1 heterocycles. The van der Waals surface area contributed by atoms with Crippen LogP contribution in [0.2, 0.25) is 0 Å². The van der Waals surface area contributed by atoms with Crippen molar-refractivity contribution in [3.05, 3.63) is 59.2 Å². The van der Waals surface area contributed by atoms with Crippen molar-refractivity contribution in [2.45, 2.75) is 26.7 Å². The van der Waals surface area contributed by atoms with Crippen molar-refractivity contribution in [3.63, 3.8) is 0 Å². The zero-order valence-electron chi connectivity index (χ0n) is 16.1. The van der Waals surface area contributed by atoms with E-state index in [1.807, 2.05) is 43.0 Å². The number of likely N-dealkylation sites (tertiary alicyclic amines) is 1. The second-order valence-electron chi connectivity index (χ2n) is 7.11. The van der Waals surface area contributed by atoms with Gasteiger partial charge in [-0.15, -0.1) is 0 Å². The normalized spacial score (nSPS) is 14.7. The molecule has 2 aromatic rings. The molecule has 5 heteroatoms. The summed E-state index contributed by atoms with van der Waals surface area (Å²) in [5.74, 6) is 0.626. The van der Waals surface area contributed by atoms with E-state index >= 15 is 0 Å². The fraction of sp³-hybridized carbons (Fsp3) is 0.364. The van der Waals surface area contributed by atoms with E-state index in [9.17, 15) is 9.59 Å². The molecule has 0 radical (unpaired) electrons. The fourth-order valence-electron chi connectivity index (χ4n) is 3.47. The number of amides is 2. The minimum atomic E-state index is -0.0694. The second kappa shape index (κ2) is 8.25. The Labute approximate surface area is 160 Å². The first-order valence-corrected chi connectivity index (χ1v) is 9.29. The van der Waals surface area contributed by atoms with Gasteiger partial charge in [-0.05, 0) is 56.5 Å². The number of benzene rings is 2. The van der Waals surface area contributed by atoms with Gasteiger partial charge in [-0.1, -0.05) is 23.8 Å². The van der Waals surface area contributed by atoms with Crippen LogP contribution in [0.3, 0.4) is 0 Å². The molecular weight excluding hydrogens is 340 g/mol. The Morgan fingerprint density at radius 3 is 2.48 bits per heavy atom. The molecule has 0 spiro atoms. The van der Waals surface area contributed by atoms with Crippen molar-refractivity contribution in [1.82, 2.24) is 4.90 Å². The third-order valence-electron chi connectivity index (χ3n) is 5.11. The molecule has 3 rings (SSSR count). The van der Waals surface area contributed by atoms with E-state index in [2.05, 4.69) is 11.4 Å². The number of anilines is 1. The van der Waals surface area contributed by atoms with Crippen molar-refractivity contribution in [2.24, 2.45) is 5.92 Å². The van der Waals surface area contributed by atoms with Crippen LogP contribution < -0.4 is 10.1 Å². The Kier molecular flexibility index (Phi) is 5.79. The highest BCUT2D eigenvalue weighted by molar-refractivity contribution is 5.96. The highest BCUT2D eigenvalue weighted by atomic mass is 16.5. The number of nitrogens with zero attached hydrogens (tertiary/aromatic N) is 1. The molecular formula is C22H26N2O3. The monoisotopic (exact) mass is 366 g/mol. The molecule has 2 aromatic carbocycles. The largest absolute Gasteiger partial charge is 0.497 e. The van der Waals surface area contributed by atoms with Crippen molar-refractivity contribution in [1.29, 1.82) is 0 Å². The van der Waals surface area contributed by atoms with Gasteiger partial charge in [-0.2, -0.15) is 0 Å². The van der Waals surface area contributed by atoms with E-state index in [1.54, 1.807) is 19.2 Å². The fourth-order valence-corrected chi connectivity index (χ4v) is 3.47. The molecule has 0 unspecified atom stereocenters. The Bertz CT molecular complexity index is 839. The van der Waals surface area contributed by atoms with Gasteiger partial charge in [0.1, 0.15) is 5.75 Å². The summed E-state index contributed by atoms with van der Waals surface area (Å²) in [5.41, 5.74) is 3.72. The van der Waals surface area contributed by atoms with Crippen LogP contribution in [0, 0.1) is 19.8 Å². The highest BCUT2D eigenvalue weighted by Crippen LogP contribution is 2.23. The van der Waals surface area contributed by atoms with E-state index in [-0.39, 0.29) is 17.7 Å². The molecule has 0 aliphatic carbocycles. The minimum absolute atomic E-state index is 0.0119. The maximum atomic E-state index is 12.7. The van der Waals surface area contributed by atoms with Crippen LogP contribution in [-0.2, 0) is 4.79 Å². The van der Waals surface area contributed by atoms with Crippen LogP contribution >= 0.6 is 0 Å². The van der Waals surface area contributed by atoms with Crippen LogP contribution in [0.4, 0.5) is 5.69 Å². The molecule has 2 amide bonds. The number of methoxy groups -OCH3 is 1. The summed E-state index contributed by atoms with van der Waals surface area (Å²) in [6.45, 7) is 5.20. The average Bonchev–Trinajstić information content (AvgIpc) is 2.69. The first kappa shape index (κ1) is 19.0. The number of ether oxygens (including phenoxy) is 1. The number of hydrogen-bond donors (Lipinski definition) is 1. The molecule has 1 fully saturated rings. The number of aryl methyl sites for hydroxylation is 2. The summed E-state index contributed by atoms with van der Waals surface area (Å²) in [5, 5.41) is 3.04. The van der Waals surface area contributed by atoms with E-state index in [0.717, 1.165) is 11.3 Å². The van der Waals surface area contributed by atoms with Crippen molar-refractivity contribution < 1.29 is 14.3 Å². The summed E-state index contributed by atoms with van der Waals surface area (Å²) < 4.78 is 5.19. The molecule has 0 atom stereocenters. The number of hydrogen-bond acceptors (Lipinski definition) is 3. The molecule has 0 aromatic heterocycles. The smallest absolute Gasteiger partial charge is 0.253 e. The molecule has 0 bridgehead atoms. The van der Waals surface area contributed by atoms with Crippen molar-refractivity contribution in [3.8, 4) is 5.75 Å². The number of nitrogens with one attached hydrogen (secondary N) is 1. The number of carbonyl (C=O) groups is 2. The summed E-state index contributed by atoms with van der Waals surface area (Å²) in [4.78, 5) is 27.1. The maximum absolute atomic E-state index is 12.7. The van der Waals surface area contributed by atoms with Gasteiger partial charge in [0.05, 0.1) is 7.11 Å². The Morgan fingerprint density at radius 1 is 1.07 bits per heavy atom. The van der Waals surface area contributed by atoms with Gasteiger partial charge in [0.25, 0.3) is 5.91 Å².